The summed E-state index contributed by atoms with van der Waals surface area (Å²) < 4.78 is 15.0. The van der Waals surface area contributed by atoms with E-state index in [0.717, 1.165) is 28.9 Å². The van der Waals surface area contributed by atoms with Crippen molar-refractivity contribution in [3.8, 4) is 16.9 Å². The van der Waals surface area contributed by atoms with Gasteiger partial charge in [-0.2, -0.15) is 5.10 Å². The fourth-order valence-electron chi connectivity index (χ4n) is 2.46. The molecule has 0 spiro atoms. The van der Waals surface area contributed by atoms with E-state index in [0.29, 0.717) is 0 Å². The Morgan fingerprint density at radius 3 is 2.43 bits per heavy atom. The Kier molecular flexibility index (Phi) is 3.57. The molecule has 0 atom stereocenters. The first-order chi connectivity index (χ1) is 10.2. The molecule has 2 aromatic carbocycles. The molecular formula is C18H17FN2. The lowest BCUT2D eigenvalue weighted by atomic mass is 10.1. The second-order valence-electron chi connectivity index (χ2n) is 5.09. The third kappa shape index (κ3) is 2.59. The van der Waals surface area contributed by atoms with Gasteiger partial charge in [-0.1, -0.05) is 25.1 Å². The summed E-state index contributed by atoms with van der Waals surface area (Å²) in [6, 6.07) is 14.6. The summed E-state index contributed by atoms with van der Waals surface area (Å²) in [4.78, 5) is 0. The first-order valence-electron chi connectivity index (χ1n) is 7.09. The number of hydrogen-bond acceptors (Lipinski definition) is 1. The molecule has 0 saturated heterocycles. The molecule has 0 N–H and O–H groups in total. The van der Waals surface area contributed by atoms with Gasteiger partial charge in [0.1, 0.15) is 5.82 Å². The van der Waals surface area contributed by atoms with Gasteiger partial charge in [0.15, 0.2) is 0 Å². The average molecular weight is 280 g/mol. The normalized spacial score (nSPS) is 10.8. The third-order valence-electron chi connectivity index (χ3n) is 3.65. The third-order valence-corrected chi connectivity index (χ3v) is 3.65. The van der Waals surface area contributed by atoms with Gasteiger partial charge in [0, 0.05) is 11.8 Å². The van der Waals surface area contributed by atoms with E-state index >= 15 is 0 Å². The lowest BCUT2D eigenvalue weighted by molar-refractivity contribution is 0.628. The van der Waals surface area contributed by atoms with Crippen molar-refractivity contribution in [1.29, 1.82) is 0 Å². The molecule has 106 valence electrons. The lowest BCUT2D eigenvalue weighted by Gasteiger charge is -2.04. The molecule has 0 saturated carbocycles. The summed E-state index contributed by atoms with van der Waals surface area (Å²) in [5.41, 5.74) is 5.26. The van der Waals surface area contributed by atoms with E-state index in [-0.39, 0.29) is 5.82 Å². The van der Waals surface area contributed by atoms with Gasteiger partial charge in [-0.25, -0.2) is 9.07 Å². The van der Waals surface area contributed by atoms with Gasteiger partial charge in [0.05, 0.1) is 11.4 Å². The zero-order valence-electron chi connectivity index (χ0n) is 12.2. The van der Waals surface area contributed by atoms with Gasteiger partial charge < -0.3 is 0 Å². The van der Waals surface area contributed by atoms with Crippen molar-refractivity contribution in [2.45, 2.75) is 20.3 Å². The van der Waals surface area contributed by atoms with Crippen LogP contribution in [0.1, 0.15) is 18.1 Å². The average Bonchev–Trinajstić information content (AvgIpc) is 2.92. The fourth-order valence-corrected chi connectivity index (χ4v) is 2.46. The minimum Gasteiger partial charge on any atom is -0.240 e. The van der Waals surface area contributed by atoms with Crippen molar-refractivity contribution in [3.05, 3.63) is 71.7 Å². The molecule has 1 heterocycles. The van der Waals surface area contributed by atoms with Gasteiger partial charge in [-0.05, 0) is 54.8 Å². The molecule has 0 fully saturated rings. The van der Waals surface area contributed by atoms with Crippen molar-refractivity contribution in [2.75, 3.05) is 0 Å². The van der Waals surface area contributed by atoms with Gasteiger partial charge in [-0.15, -0.1) is 0 Å². The molecule has 3 rings (SSSR count). The highest BCUT2D eigenvalue weighted by atomic mass is 19.1. The van der Waals surface area contributed by atoms with E-state index in [1.54, 1.807) is 12.1 Å². The summed E-state index contributed by atoms with van der Waals surface area (Å²) in [6.07, 6.45) is 2.94. The maximum absolute atomic E-state index is 13.1. The Labute approximate surface area is 123 Å². The van der Waals surface area contributed by atoms with Crippen LogP contribution < -0.4 is 0 Å². The Balaban J connectivity index is 2.11. The van der Waals surface area contributed by atoms with E-state index in [2.05, 4.69) is 32.2 Å². The Bertz CT molecular complexity index is 757. The molecule has 0 bridgehead atoms. The van der Waals surface area contributed by atoms with E-state index in [4.69, 9.17) is 5.10 Å². The van der Waals surface area contributed by atoms with Crippen molar-refractivity contribution in [3.63, 3.8) is 0 Å². The van der Waals surface area contributed by atoms with E-state index < -0.39 is 0 Å². The molecule has 3 heteroatoms. The Morgan fingerprint density at radius 1 is 1.05 bits per heavy atom. The molecule has 0 aliphatic carbocycles. The quantitative estimate of drug-likeness (QED) is 0.688. The molecule has 2 nitrogen and oxygen atoms in total. The zero-order chi connectivity index (χ0) is 14.8. The summed E-state index contributed by atoms with van der Waals surface area (Å²) >= 11 is 0. The van der Waals surface area contributed by atoms with Crippen LogP contribution in [0.15, 0.2) is 54.7 Å². The molecule has 0 amide bonds. The maximum Gasteiger partial charge on any atom is 0.123 e. The van der Waals surface area contributed by atoms with Crippen molar-refractivity contribution in [2.24, 2.45) is 0 Å². The Morgan fingerprint density at radius 2 is 1.76 bits per heavy atom. The minimum absolute atomic E-state index is 0.227. The zero-order valence-corrected chi connectivity index (χ0v) is 12.2. The highest BCUT2D eigenvalue weighted by Crippen LogP contribution is 2.25. The molecule has 0 unspecified atom stereocenters. The number of halogens is 1. The fraction of sp³-hybridized carbons (Fsp3) is 0.167. The molecule has 0 aliphatic heterocycles. The predicted molar refractivity (Wildman–Crippen MR) is 83.1 cm³/mol. The van der Waals surface area contributed by atoms with Crippen LogP contribution >= 0.6 is 0 Å². The number of aromatic nitrogens is 2. The van der Waals surface area contributed by atoms with Gasteiger partial charge in [-0.3, -0.25) is 0 Å². The van der Waals surface area contributed by atoms with Crippen LogP contribution in [0.2, 0.25) is 0 Å². The SMILES string of the molecule is CCc1cn(-c2ccccc2C)nc1-c1ccc(F)cc1. The lowest BCUT2D eigenvalue weighted by Crippen LogP contribution is -1.97. The molecule has 0 radical (unpaired) electrons. The number of para-hydroxylation sites is 1. The maximum atomic E-state index is 13.1. The van der Waals surface area contributed by atoms with E-state index in [9.17, 15) is 4.39 Å². The second-order valence-corrected chi connectivity index (χ2v) is 5.09. The largest absolute Gasteiger partial charge is 0.240 e. The number of aryl methyl sites for hydroxylation is 2. The van der Waals surface area contributed by atoms with Crippen LogP contribution in [0.3, 0.4) is 0 Å². The number of benzene rings is 2. The molecular weight excluding hydrogens is 263 g/mol. The first-order valence-corrected chi connectivity index (χ1v) is 7.09. The Hall–Kier alpha value is -2.42. The summed E-state index contributed by atoms with van der Waals surface area (Å²) in [5.74, 6) is -0.227. The molecule has 1 aromatic heterocycles. The predicted octanol–water partition coefficient (Wildman–Crippen LogP) is 4.55. The monoisotopic (exact) mass is 280 g/mol. The number of rotatable bonds is 3. The molecule has 3 aromatic rings. The topological polar surface area (TPSA) is 17.8 Å². The van der Waals surface area contributed by atoms with Gasteiger partial charge in [0.25, 0.3) is 0 Å². The summed E-state index contributed by atoms with van der Waals surface area (Å²) in [5, 5.41) is 4.71. The summed E-state index contributed by atoms with van der Waals surface area (Å²) in [6.45, 7) is 4.17. The van der Waals surface area contributed by atoms with Gasteiger partial charge in [0.2, 0.25) is 0 Å². The van der Waals surface area contributed by atoms with Crippen LogP contribution in [-0.4, -0.2) is 9.78 Å². The minimum atomic E-state index is -0.227. The first kappa shape index (κ1) is 13.6. The van der Waals surface area contributed by atoms with Crippen LogP contribution in [0.4, 0.5) is 4.39 Å². The second kappa shape index (κ2) is 5.52. The van der Waals surface area contributed by atoms with Crippen LogP contribution in [0, 0.1) is 12.7 Å². The number of nitrogens with zero attached hydrogens (tertiary/aromatic N) is 2. The molecule has 0 aliphatic rings. The van der Waals surface area contributed by atoms with E-state index in [1.807, 2.05) is 16.8 Å². The highest BCUT2D eigenvalue weighted by molar-refractivity contribution is 5.63. The van der Waals surface area contributed by atoms with Crippen molar-refractivity contribution >= 4 is 0 Å². The van der Waals surface area contributed by atoms with Gasteiger partial charge >= 0.3 is 0 Å². The van der Waals surface area contributed by atoms with Crippen LogP contribution in [-0.2, 0) is 6.42 Å². The van der Waals surface area contributed by atoms with Crippen molar-refractivity contribution < 1.29 is 4.39 Å². The molecule has 21 heavy (non-hydrogen) atoms. The summed E-state index contributed by atoms with van der Waals surface area (Å²) in [7, 11) is 0. The van der Waals surface area contributed by atoms with Crippen LogP contribution in [0.5, 0.6) is 0 Å². The van der Waals surface area contributed by atoms with E-state index in [1.165, 1.54) is 17.7 Å². The highest BCUT2D eigenvalue weighted by Gasteiger charge is 2.11. The smallest absolute Gasteiger partial charge is 0.123 e. The van der Waals surface area contributed by atoms with Crippen LogP contribution in [0.25, 0.3) is 16.9 Å². The number of hydrogen-bond donors (Lipinski definition) is 0. The standard InChI is InChI=1S/C18H17FN2/c1-3-14-12-21(17-7-5-4-6-13(17)2)20-18(14)15-8-10-16(19)11-9-15/h4-12H,3H2,1-2H3. The van der Waals surface area contributed by atoms with Crippen molar-refractivity contribution in [1.82, 2.24) is 9.78 Å².